The number of rotatable bonds is 4. The van der Waals surface area contributed by atoms with Crippen molar-refractivity contribution >= 4 is 17.2 Å². The number of nitrogens with zero attached hydrogens (tertiary/aromatic N) is 3. The quantitative estimate of drug-likeness (QED) is 0.814. The van der Waals surface area contributed by atoms with Crippen molar-refractivity contribution in [2.45, 2.75) is 13.1 Å². The molecule has 6 nitrogen and oxygen atoms in total. The van der Waals surface area contributed by atoms with E-state index in [9.17, 15) is 4.79 Å². The molecule has 3 N–H and O–H groups in total. The lowest BCUT2D eigenvalue weighted by atomic mass is 10.3. The van der Waals surface area contributed by atoms with Crippen LogP contribution >= 0.6 is 11.3 Å². The Labute approximate surface area is 102 Å². The van der Waals surface area contributed by atoms with E-state index in [1.807, 2.05) is 0 Å². The maximum Gasteiger partial charge on any atom is 0.271 e. The van der Waals surface area contributed by atoms with E-state index in [4.69, 9.17) is 5.73 Å². The Morgan fingerprint density at radius 2 is 2.41 bits per heavy atom. The van der Waals surface area contributed by atoms with Gasteiger partial charge in [-0.05, 0) is 12.1 Å². The summed E-state index contributed by atoms with van der Waals surface area (Å²) in [6.45, 7) is 0.685. The fourth-order valence-corrected chi connectivity index (χ4v) is 1.85. The highest BCUT2D eigenvalue weighted by atomic mass is 32.1. The van der Waals surface area contributed by atoms with Gasteiger partial charge in [0.15, 0.2) is 0 Å². The third kappa shape index (κ3) is 3.05. The van der Waals surface area contributed by atoms with Gasteiger partial charge in [-0.3, -0.25) is 4.79 Å². The Bertz CT molecular complexity index is 498. The number of carbonyl (C=O) groups is 1. The van der Waals surface area contributed by atoms with Crippen molar-refractivity contribution in [3.63, 3.8) is 0 Å². The molecule has 0 aromatic carbocycles. The molecule has 2 aromatic rings. The zero-order chi connectivity index (χ0) is 12.1. The highest BCUT2D eigenvalue weighted by Gasteiger charge is 2.09. The van der Waals surface area contributed by atoms with Crippen LogP contribution in [-0.2, 0) is 13.1 Å². The molecular weight excluding hydrogens is 238 g/mol. The van der Waals surface area contributed by atoms with Gasteiger partial charge in [0.25, 0.3) is 5.91 Å². The van der Waals surface area contributed by atoms with Gasteiger partial charge in [0.05, 0.1) is 12.2 Å². The molecule has 7 heteroatoms. The van der Waals surface area contributed by atoms with Crippen LogP contribution in [0.4, 0.5) is 0 Å². The van der Waals surface area contributed by atoms with E-state index < -0.39 is 0 Å². The Morgan fingerprint density at radius 3 is 3.06 bits per heavy atom. The summed E-state index contributed by atoms with van der Waals surface area (Å²) in [5, 5.41) is 12.7. The maximum absolute atomic E-state index is 11.7. The van der Waals surface area contributed by atoms with Crippen molar-refractivity contribution < 1.29 is 4.79 Å². The number of nitrogens with one attached hydrogen (secondary N) is 1. The Morgan fingerprint density at radius 1 is 1.53 bits per heavy atom. The first kappa shape index (κ1) is 11.6. The largest absolute Gasteiger partial charge is 0.345 e. The van der Waals surface area contributed by atoms with Gasteiger partial charge in [0, 0.05) is 18.1 Å². The van der Waals surface area contributed by atoms with Crippen molar-refractivity contribution in [3.8, 4) is 0 Å². The first-order chi connectivity index (χ1) is 8.29. The van der Waals surface area contributed by atoms with Crippen molar-refractivity contribution in [1.82, 2.24) is 20.5 Å². The molecule has 0 unspecified atom stereocenters. The Kier molecular flexibility index (Phi) is 3.73. The fourth-order valence-electron chi connectivity index (χ4n) is 1.20. The van der Waals surface area contributed by atoms with E-state index in [1.54, 1.807) is 23.7 Å². The predicted molar refractivity (Wildman–Crippen MR) is 63.2 cm³/mol. The first-order valence-corrected chi connectivity index (χ1v) is 5.87. The number of carbonyl (C=O) groups excluding carboxylic acids is 1. The molecule has 88 valence electrons. The lowest BCUT2D eigenvalue weighted by Gasteiger charge is -2.01. The smallest absolute Gasteiger partial charge is 0.271 e. The van der Waals surface area contributed by atoms with Gasteiger partial charge in [-0.1, -0.05) is 0 Å². The van der Waals surface area contributed by atoms with Crippen LogP contribution in [0.25, 0.3) is 0 Å². The summed E-state index contributed by atoms with van der Waals surface area (Å²) in [6, 6.07) is 3.56. The second-order valence-electron chi connectivity index (χ2n) is 3.23. The van der Waals surface area contributed by atoms with E-state index in [2.05, 4.69) is 20.5 Å². The minimum atomic E-state index is -0.230. The summed E-state index contributed by atoms with van der Waals surface area (Å²) < 4.78 is 0. The van der Waals surface area contributed by atoms with Gasteiger partial charge in [-0.2, -0.15) is 10.2 Å². The minimum Gasteiger partial charge on any atom is -0.345 e. The molecule has 0 fully saturated rings. The molecule has 0 aliphatic carbocycles. The van der Waals surface area contributed by atoms with E-state index in [1.165, 1.54) is 11.3 Å². The van der Waals surface area contributed by atoms with Crippen LogP contribution in [0, 0.1) is 0 Å². The third-order valence-electron chi connectivity index (χ3n) is 2.02. The van der Waals surface area contributed by atoms with E-state index in [0.717, 1.165) is 5.01 Å². The summed E-state index contributed by atoms with van der Waals surface area (Å²) in [6.07, 6.45) is 1.58. The molecule has 17 heavy (non-hydrogen) atoms. The molecule has 0 aliphatic rings. The van der Waals surface area contributed by atoms with Crippen LogP contribution in [0.5, 0.6) is 0 Å². The van der Waals surface area contributed by atoms with Crippen LogP contribution in [0.3, 0.4) is 0 Å². The number of hydrogen-bond donors (Lipinski definition) is 2. The molecular formula is C10H11N5OS. The Balaban J connectivity index is 1.93. The van der Waals surface area contributed by atoms with Gasteiger partial charge >= 0.3 is 0 Å². The van der Waals surface area contributed by atoms with Gasteiger partial charge in [0.1, 0.15) is 10.7 Å². The van der Waals surface area contributed by atoms with Crippen molar-refractivity contribution in [3.05, 3.63) is 40.1 Å². The highest BCUT2D eigenvalue weighted by molar-refractivity contribution is 7.09. The summed E-state index contributed by atoms with van der Waals surface area (Å²) >= 11 is 1.37. The molecule has 1 amide bonds. The zero-order valence-electron chi connectivity index (χ0n) is 8.96. The molecule has 0 saturated heterocycles. The van der Waals surface area contributed by atoms with Crippen LogP contribution < -0.4 is 11.1 Å². The SMILES string of the molecule is NCc1nc(C(=O)NCc2cccnn2)cs1. The van der Waals surface area contributed by atoms with Crippen LogP contribution in [0.1, 0.15) is 21.2 Å². The van der Waals surface area contributed by atoms with Gasteiger partial charge in [-0.25, -0.2) is 4.98 Å². The fraction of sp³-hybridized carbons (Fsp3) is 0.200. The van der Waals surface area contributed by atoms with Gasteiger partial charge in [0.2, 0.25) is 0 Å². The third-order valence-corrected chi connectivity index (χ3v) is 2.89. The van der Waals surface area contributed by atoms with E-state index in [0.29, 0.717) is 24.5 Å². The normalized spacial score (nSPS) is 10.2. The Hall–Kier alpha value is -1.86. The molecule has 0 radical (unpaired) electrons. The summed E-state index contributed by atoms with van der Waals surface area (Å²) in [5.41, 5.74) is 6.52. The average molecular weight is 249 g/mol. The van der Waals surface area contributed by atoms with Crippen molar-refractivity contribution in [2.24, 2.45) is 5.73 Å². The zero-order valence-corrected chi connectivity index (χ0v) is 9.78. The highest BCUT2D eigenvalue weighted by Crippen LogP contribution is 2.08. The second kappa shape index (κ2) is 5.46. The molecule has 2 rings (SSSR count). The molecule has 0 aliphatic heterocycles. The predicted octanol–water partition coefficient (Wildman–Crippen LogP) is 0.322. The monoisotopic (exact) mass is 249 g/mol. The number of aromatic nitrogens is 3. The standard InChI is InChI=1S/C10H11N5OS/c11-4-9-14-8(6-17-9)10(16)12-5-7-2-1-3-13-15-7/h1-3,6H,4-5,11H2,(H,12,16). The molecule has 2 heterocycles. The number of thiazole rings is 1. The molecule has 0 spiro atoms. The van der Waals surface area contributed by atoms with Crippen molar-refractivity contribution in [1.29, 1.82) is 0 Å². The van der Waals surface area contributed by atoms with Gasteiger partial charge in [-0.15, -0.1) is 11.3 Å². The van der Waals surface area contributed by atoms with E-state index in [-0.39, 0.29) is 5.91 Å². The molecule has 2 aromatic heterocycles. The maximum atomic E-state index is 11.7. The van der Waals surface area contributed by atoms with Crippen LogP contribution in [0.2, 0.25) is 0 Å². The van der Waals surface area contributed by atoms with Crippen LogP contribution in [-0.4, -0.2) is 21.1 Å². The molecule has 0 bridgehead atoms. The lowest BCUT2D eigenvalue weighted by Crippen LogP contribution is -2.23. The average Bonchev–Trinajstić information content (AvgIpc) is 2.86. The minimum absolute atomic E-state index is 0.230. The molecule has 0 saturated carbocycles. The van der Waals surface area contributed by atoms with Crippen LogP contribution in [0.15, 0.2) is 23.7 Å². The summed E-state index contributed by atoms with van der Waals surface area (Å²) in [4.78, 5) is 15.8. The summed E-state index contributed by atoms with van der Waals surface area (Å²) in [7, 11) is 0. The number of hydrogen-bond acceptors (Lipinski definition) is 6. The number of amides is 1. The topological polar surface area (TPSA) is 93.8 Å². The van der Waals surface area contributed by atoms with E-state index >= 15 is 0 Å². The van der Waals surface area contributed by atoms with Gasteiger partial charge < -0.3 is 11.1 Å². The first-order valence-electron chi connectivity index (χ1n) is 4.99. The number of nitrogens with two attached hydrogens (primary N) is 1. The second-order valence-corrected chi connectivity index (χ2v) is 4.17. The summed E-state index contributed by atoms with van der Waals surface area (Å²) in [5.74, 6) is -0.230. The van der Waals surface area contributed by atoms with Crippen molar-refractivity contribution in [2.75, 3.05) is 0 Å². The molecule has 0 atom stereocenters. The lowest BCUT2D eigenvalue weighted by molar-refractivity contribution is 0.0946.